The quantitative estimate of drug-likeness (QED) is 0.756. The number of carbonyl (C=O) groups is 2. The number of nitrogens with one attached hydrogen (secondary N) is 1. The predicted molar refractivity (Wildman–Crippen MR) is 69.8 cm³/mol. The van der Waals surface area contributed by atoms with Crippen molar-refractivity contribution < 1.29 is 14.7 Å². The summed E-state index contributed by atoms with van der Waals surface area (Å²) in [6, 6.07) is 3.89. The van der Waals surface area contributed by atoms with E-state index in [9.17, 15) is 14.4 Å². The first kappa shape index (κ1) is 14.9. The van der Waals surface area contributed by atoms with Crippen LogP contribution in [0.4, 0.5) is 0 Å². The lowest BCUT2D eigenvalue weighted by Crippen LogP contribution is -2.41. The highest BCUT2D eigenvalue weighted by molar-refractivity contribution is 5.83. The zero-order valence-corrected chi connectivity index (χ0v) is 10.8. The van der Waals surface area contributed by atoms with E-state index < -0.39 is 12.0 Å². The number of nitrogens with zero attached hydrogens (tertiary/aromatic N) is 1. The molecule has 2 N–H and O–H groups in total. The van der Waals surface area contributed by atoms with Crippen LogP contribution in [-0.4, -0.2) is 27.6 Å². The van der Waals surface area contributed by atoms with E-state index in [1.165, 1.54) is 10.6 Å². The number of carboxylic acid groups (broad SMARTS) is 1. The van der Waals surface area contributed by atoms with Crippen LogP contribution in [0.5, 0.6) is 0 Å². The summed E-state index contributed by atoms with van der Waals surface area (Å²) in [4.78, 5) is 33.9. The Morgan fingerprint density at radius 2 is 2.16 bits per heavy atom. The molecule has 0 unspecified atom stereocenters. The van der Waals surface area contributed by atoms with Gasteiger partial charge in [-0.1, -0.05) is 19.4 Å². The van der Waals surface area contributed by atoms with Crippen LogP contribution >= 0.6 is 0 Å². The second-order valence-corrected chi connectivity index (χ2v) is 4.23. The van der Waals surface area contributed by atoms with Crippen molar-refractivity contribution in [1.82, 2.24) is 9.88 Å². The summed E-state index contributed by atoms with van der Waals surface area (Å²) in [6.45, 7) is 2.09. The summed E-state index contributed by atoms with van der Waals surface area (Å²) < 4.78 is 1.41. The first-order valence-electron chi connectivity index (χ1n) is 6.22. The Morgan fingerprint density at radius 3 is 2.74 bits per heavy atom. The fraction of sp³-hybridized carbons (Fsp3) is 0.462. The summed E-state index contributed by atoms with van der Waals surface area (Å²) in [6.07, 6.45) is 2.75. The van der Waals surface area contributed by atoms with Gasteiger partial charge in [0.15, 0.2) is 0 Å². The van der Waals surface area contributed by atoms with E-state index in [4.69, 9.17) is 5.11 Å². The molecule has 6 heteroatoms. The summed E-state index contributed by atoms with van der Waals surface area (Å²) >= 11 is 0. The molecule has 1 rings (SSSR count). The highest BCUT2D eigenvalue weighted by atomic mass is 16.4. The average molecular weight is 266 g/mol. The second kappa shape index (κ2) is 7.35. The lowest BCUT2D eigenvalue weighted by Gasteiger charge is -2.13. The van der Waals surface area contributed by atoms with Gasteiger partial charge in [0, 0.05) is 25.2 Å². The molecule has 0 radical (unpaired) electrons. The minimum Gasteiger partial charge on any atom is -0.480 e. The van der Waals surface area contributed by atoms with Gasteiger partial charge in [-0.3, -0.25) is 9.59 Å². The monoisotopic (exact) mass is 266 g/mol. The van der Waals surface area contributed by atoms with Crippen molar-refractivity contribution in [2.24, 2.45) is 0 Å². The van der Waals surface area contributed by atoms with E-state index in [1.54, 1.807) is 18.3 Å². The van der Waals surface area contributed by atoms with Crippen molar-refractivity contribution in [2.75, 3.05) is 0 Å². The Hall–Kier alpha value is -2.11. The summed E-state index contributed by atoms with van der Waals surface area (Å²) in [7, 11) is 0. The number of aromatic nitrogens is 1. The molecule has 1 heterocycles. The number of carboxylic acids is 1. The molecule has 0 fully saturated rings. The van der Waals surface area contributed by atoms with Gasteiger partial charge in [-0.15, -0.1) is 0 Å². The third-order valence-corrected chi connectivity index (χ3v) is 2.69. The summed E-state index contributed by atoms with van der Waals surface area (Å²) in [5.41, 5.74) is -0.182. The molecule has 1 atom stereocenters. The zero-order chi connectivity index (χ0) is 14.3. The van der Waals surface area contributed by atoms with Crippen molar-refractivity contribution in [1.29, 1.82) is 0 Å². The van der Waals surface area contributed by atoms with E-state index in [0.29, 0.717) is 12.8 Å². The molecule has 104 valence electrons. The maximum absolute atomic E-state index is 11.6. The zero-order valence-electron chi connectivity index (χ0n) is 10.8. The largest absolute Gasteiger partial charge is 0.480 e. The Balaban J connectivity index is 2.49. The maximum Gasteiger partial charge on any atom is 0.326 e. The molecule has 0 saturated carbocycles. The van der Waals surface area contributed by atoms with Crippen molar-refractivity contribution in [3.8, 4) is 0 Å². The van der Waals surface area contributed by atoms with Crippen molar-refractivity contribution in [3.05, 3.63) is 34.7 Å². The fourth-order valence-corrected chi connectivity index (χ4v) is 1.68. The number of pyridine rings is 1. The number of hydrogen-bond acceptors (Lipinski definition) is 3. The van der Waals surface area contributed by atoms with Crippen LogP contribution in [0.15, 0.2) is 29.2 Å². The van der Waals surface area contributed by atoms with E-state index >= 15 is 0 Å². The number of hydrogen-bond donors (Lipinski definition) is 2. The lowest BCUT2D eigenvalue weighted by atomic mass is 10.1. The molecular weight excluding hydrogens is 248 g/mol. The van der Waals surface area contributed by atoms with Gasteiger partial charge in [0.25, 0.3) is 5.56 Å². The maximum atomic E-state index is 11.6. The SMILES string of the molecule is CCC[C@H](NC(=O)CCn1ccccc1=O)C(=O)O. The van der Waals surface area contributed by atoms with Crippen molar-refractivity contribution in [3.63, 3.8) is 0 Å². The molecule has 0 aliphatic heterocycles. The van der Waals surface area contributed by atoms with Gasteiger partial charge >= 0.3 is 5.97 Å². The molecular formula is C13H18N2O4. The normalized spacial score (nSPS) is 11.8. The van der Waals surface area contributed by atoms with Gasteiger partial charge in [-0.2, -0.15) is 0 Å². The molecule has 0 bridgehead atoms. The lowest BCUT2D eigenvalue weighted by molar-refractivity contribution is -0.142. The first-order valence-corrected chi connectivity index (χ1v) is 6.22. The molecule has 1 aromatic heterocycles. The fourth-order valence-electron chi connectivity index (χ4n) is 1.68. The number of rotatable bonds is 7. The van der Waals surface area contributed by atoms with Crippen LogP contribution in [0, 0.1) is 0 Å². The van der Waals surface area contributed by atoms with Crippen LogP contribution in [0.25, 0.3) is 0 Å². The average Bonchev–Trinajstić information content (AvgIpc) is 2.37. The van der Waals surface area contributed by atoms with Crippen LogP contribution < -0.4 is 10.9 Å². The standard InChI is InChI=1S/C13H18N2O4/c1-2-5-10(13(18)19)14-11(16)7-9-15-8-4-3-6-12(15)17/h3-4,6,8,10H,2,5,7,9H2,1H3,(H,14,16)(H,18,19)/t10-/m0/s1. The predicted octanol–water partition coefficient (Wildman–Crippen LogP) is 0.608. The Morgan fingerprint density at radius 1 is 1.42 bits per heavy atom. The number of carbonyl (C=O) groups excluding carboxylic acids is 1. The van der Waals surface area contributed by atoms with Crippen LogP contribution in [0.1, 0.15) is 26.2 Å². The highest BCUT2D eigenvalue weighted by Crippen LogP contribution is 1.98. The molecule has 0 spiro atoms. The summed E-state index contributed by atoms with van der Waals surface area (Å²) in [5.74, 6) is -1.40. The third-order valence-electron chi connectivity index (χ3n) is 2.69. The summed E-state index contributed by atoms with van der Waals surface area (Å²) in [5, 5.41) is 11.4. The van der Waals surface area contributed by atoms with Gasteiger partial charge < -0.3 is 15.0 Å². The minimum absolute atomic E-state index is 0.0808. The Labute approximate surface area is 111 Å². The molecule has 0 aliphatic carbocycles. The van der Waals surface area contributed by atoms with E-state index in [1.807, 2.05) is 6.92 Å². The van der Waals surface area contributed by atoms with Crippen LogP contribution in [0.2, 0.25) is 0 Å². The molecule has 19 heavy (non-hydrogen) atoms. The molecule has 1 aromatic rings. The van der Waals surface area contributed by atoms with Crippen LogP contribution in [-0.2, 0) is 16.1 Å². The molecule has 0 aliphatic rings. The van der Waals surface area contributed by atoms with Gasteiger partial charge in [0.1, 0.15) is 6.04 Å². The Bertz CT molecular complexity index is 495. The minimum atomic E-state index is -1.04. The molecule has 1 amide bonds. The highest BCUT2D eigenvalue weighted by Gasteiger charge is 2.18. The Kier molecular flexibility index (Phi) is 5.78. The van der Waals surface area contributed by atoms with Crippen LogP contribution in [0.3, 0.4) is 0 Å². The van der Waals surface area contributed by atoms with E-state index in [0.717, 1.165) is 0 Å². The molecule has 0 saturated heterocycles. The van der Waals surface area contributed by atoms with Crippen molar-refractivity contribution in [2.45, 2.75) is 38.8 Å². The van der Waals surface area contributed by atoms with Gasteiger partial charge in [0.2, 0.25) is 5.91 Å². The van der Waals surface area contributed by atoms with Gasteiger partial charge in [0.05, 0.1) is 0 Å². The topological polar surface area (TPSA) is 88.4 Å². The van der Waals surface area contributed by atoms with Gasteiger partial charge in [-0.25, -0.2) is 4.79 Å². The number of aliphatic carboxylic acids is 1. The molecule has 0 aromatic carbocycles. The van der Waals surface area contributed by atoms with Crippen molar-refractivity contribution >= 4 is 11.9 Å². The third kappa shape index (κ3) is 4.95. The smallest absolute Gasteiger partial charge is 0.326 e. The number of aryl methyl sites for hydroxylation is 1. The van der Waals surface area contributed by atoms with E-state index in [2.05, 4.69) is 5.32 Å². The second-order valence-electron chi connectivity index (χ2n) is 4.23. The van der Waals surface area contributed by atoms with Gasteiger partial charge in [-0.05, 0) is 12.5 Å². The molecule has 6 nitrogen and oxygen atoms in total. The van der Waals surface area contributed by atoms with E-state index in [-0.39, 0.29) is 24.4 Å². The number of amides is 1. The first-order chi connectivity index (χ1) is 9.04.